The zero-order valence-electron chi connectivity index (χ0n) is 9.62. The second kappa shape index (κ2) is 6.15. The second-order valence-corrected chi connectivity index (χ2v) is 7.58. The Balaban J connectivity index is 1.70. The second-order valence-electron chi connectivity index (χ2n) is 4.52. The molecule has 2 atom stereocenters. The zero-order chi connectivity index (χ0) is 12.3. The van der Waals surface area contributed by atoms with E-state index in [1.54, 1.807) is 11.3 Å². The molecular weight excluding hydrogens is 347 g/mol. The molecule has 5 heteroatoms. The molecule has 1 saturated carbocycles. The maximum atomic E-state index is 11.8. The highest BCUT2D eigenvalue weighted by Gasteiger charge is 2.27. The van der Waals surface area contributed by atoms with Crippen molar-refractivity contribution in [1.29, 1.82) is 0 Å². The number of halogens is 1. The van der Waals surface area contributed by atoms with Gasteiger partial charge in [0, 0.05) is 23.4 Å². The highest BCUT2D eigenvalue weighted by molar-refractivity contribution is 14.1. The average molecular weight is 364 g/mol. The van der Waals surface area contributed by atoms with Crippen molar-refractivity contribution in [2.45, 2.75) is 31.7 Å². The summed E-state index contributed by atoms with van der Waals surface area (Å²) in [5, 5.41) is 3.01. The number of carbonyl (C=O) groups excluding carboxylic acids is 1. The molecule has 1 amide bonds. The Morgan fingerprint density at radius 3 is 2.94 bits per heavy atom. The number of carbonyl (C=O) groups is 1. The number of hydrogen-bond donors (Lipinski definition) is 2. The van der Waals surface area contributed by atoms with Crippen molar-refractivity contribution >= 4 is 39.8 Å². The molecule has 1 aliphatic rings. The van der Waals surface area contributed by atoms with Crippen LogP contribution in [-0.2, 0) is 11.2 Å². The molecule has 0 aromatic carbocycles. The van der Waals surface area contributed by atoms with Gasteiger partial charge in [0.1, 0.15) is 0 Å². The molecule has 2 rings (SSSR count). The van der Waals surface area contributed by atoms with Gasteiger partial charge in [-0.25, -0.2) is 0 Å². The predicted molar refractivity (Wildman–Crippen MR) is 79.1 cm³/mol. The lowest BCUT2D eigenvalue weighted by Gasteiger charge is -2.10. The summed E-state index contributed by atoms with van der Waals surface area (Å²) in [6.07, 6.45) is 3.71. The van der Waals surface area contributed by atoms with Crippen LogP contribution in [-0.4, -0.2) is 18.5 Å². The van der Waals surface area contributed by atoms with E-state index in [-0.39, 0.29) is 17.9 Å². The first-order valence-electron chi connectivity index (χ1n) is 5.92. The van der Waals surface area contributed by atoms with E-state index in [0.717, 1.165) is 32.2 Å². The fourth-order valence-electron chi connectivity index (χ4n) is 2.19. The van der Waals surface area contributed by atoms with Crippen molar-refractivity contribution in [3.63, 3.8) is 0 Å². The molecule has 1 fully saturated rings. The van der Waals surface area contributed by atoms with E-state index in [4.69, 9.17) is 5.73 Å². The van der Waals surface area contributed by atoms with E-state index >= 15 is 0 Å². The molecule has 3 nitrogen and oxygen atoms in total. The van der Waals surface area contributed by atoms with Crippen LogP contribution in [0.5, 0.6) is 0 Å². The topological polar surface area (TPSA) is 55.1 Å². The summed E-state index contributed by atoms with van der Waals surface area (Å²) in [5.74, 6) is 0.331. The summed E-state index contributed by atoms with van der Waals surface area (Å²) in [7, 11) is 0. The predicted octanol–water partition coefficient (Wildman–Crippen LogP) is 2.14. The van der Waals surface area contributed by atoms with Gasteiger partial charge in [-0.3, -0.25) is 4.79 Å². The standard InChI is InChI=1S/C12H17IN2OS/c13-11-4-3-10(17-11)5-6-15-12(16)8-1-2-9(14)7-8/h3-4,8-9H,1-2,5-7,14H2,(H,15,16). The Kier molecular flexibility index (Phi) is 4.81. The number of hydrogen-bond acceptors (Lipinski definition) is 3. The van der Waals surface area contributed by atoms with Crippen LogP contribution >= 0.6 is 33.9 Å². The third-order valence-electron chi connectivity index (χ3n) is 3.14. The molecule has 2 unspecified atom stereocenters. The van der Waals surface area contributed by atoms with Gasteiger partial charge in [-0.1, -0.05) is 0 Å². The van der Waals surface area contributed by atoms with Crippen LogP contribution in [0.2, 0.25) is 0 Å². The lowest BCUT2D eigenvalue weighted by atomic mass is 10.1. The first-order valence-corrected chi connectivity index (χ1v) is 7.82. The van der Waals surface area contributed by atoms with Crippen LogP contribution in [0, 0.1) is 8.80 Å². The molecule has 0 bridgehead atoms. The van der Waals surface area contributed by atoms with Crippen LogP contribution in [0.15, 0.2) is 12.1 Å². The maximum absolute atomic E-state index is 11.8. The molecule has 1 aromatic heterocycles. The fourth-order valence-corrected chi connectivity index (χ4v) is 3.95. The van der Waals surface area contributed by atoms with Crippen molar-refractivity contribution in [1.82, 2.24) is 5.32 Å². The minimum absolute atomic E-state index is 0.147. The van der Waals surface area contributed by atoms with Gasteiger partial charge in [0.2, 0.25) is 5.91 Å². The smallest absolute Gasteiger partial charge is 0.223 e. The summed E-state index contributed by atoms with van der Waals surface area (Å²) < 4.78 is 1.30. The van der Waals surface area contributed by atoms with Gasteiger partial charge >= 0.3 is 0 Å². The summed E-state index contributed by atoms with van der Waals surface area (Å²) in [4.78, 5) is 13.2. The first-order chi connectivity index (χ1) is 8.15. The van der Waals surface area contributed by atoms with Crippen LogP contribution in [0.4, 0.5) is 0 Å². The lowest BCUT2D eigenvalue weighted by molar-refractivity contribution is -0.124. The van der Waals surface area contributed by atoms with E-state index in [1.807, 2.05) is 0 Å². The van der Waals surface area contributed by atoms with E-state index in [2.05, 4.69) is 40.0 Å². The largest absolute Gasteiger partial charge is 0.356 e. The van der Waals surface area contributed by atoms with Crippen molar-refractivity contribution in [2.75, 3.05) is 6.54 Å². The molecule has 1 aromatic rings. The highest BCUT2D eigenvalue weighted by Crippen LogP contribution is 2.24. The fraction of sp³-hybridized carbons (Fsp3) is 0.583. The third-order valence-corrected chi connectivity index (χ3v) is 5.10. The molecule has 0 saturated heterocycles. The number of nitrogens with two attached hydrogens (primary N) is 1. The van der Waals surface area contributed by atoms with Crippen molar-refractivity contribution in [2.24, 2.45) is 11.7 Å². The molecule has 1 aliphatic carbocycles. The Morgan fingerprint density at radius 2 is 2.35 bits per heavy atom. The average Bonchev–Trinajstić information content (AvgIpc) is 2.88. The Morgan fingerprint density at radius 1 is 1.53 bits per heavy atom. The van der Waals surface area contributed by atoms with Crippen molar-refractivity contribution in [3.05, 3.63) is 19.9 Å². The van der Waals surface area contributed by atoms with Crippen LogP contribution in [0.1, 0.15) is 24.1 Å². The van der Waals surface area contributed by atoms with Crippen LogP contribution < -0.4 is 11.1 Å². The van der Waals surface area contributed by atoms with E-state index in [1.165, 1.54) is 7.76 Å². The van der Waals surface area contributed by atoms with Gasteiger partial charge in [-0.05, 0) is 60.4 Å². The van der Waals surface area contributed by atoms with Crippen LogP contribution in [0.3, 0.4) is 0 Å². The minimum atomic E-state index is 0.147. The Bertz CT molecular complexity index is 394. The van der Waals surface area contributed by atoms with Crippen molar-refractivity contribution in [3.8, 4) is 0 Å². The molecule has 94 valence electrons. The monoisotopic (exact) mass is 364 g/mol. The Labute approximate surface area is 119 Å². The number of rotatable bonds is 4. The number of amides is 1. The van der Waals surface area contributed by atoms with E-state index in [0.29, 0.717) is 0 Å². The van der Waals surface area contributed by atoms with Crippen LogP contribution in [0.25, 0.3) is 0 Å². The zero-order valence-corrected chi connectivity index (χ0v) is 12.6. The molecule has 1 heterocycles. The summed E-state index contributed by atoms with van der Waals surface area (Å²) in [6.45, 7) is 0.737. The molecular formula is C12H17IN2OS. The number of thiophene rings is 1. The quantitative estimate of drug-likeness (QED) is 0.805. The van der Waals surface area contributed by atoms with Gasteiger partial charge in [0.15, 0.2) is 0 Å². The lowest BCUT2D eigenvalue weighted by Crippen LogP contribution is -2.31. The SMILES string of the molecule is NC1CCC(C(=O)NCCc2ccc(I)s2)C1. The maximum Gasteiger partial charge on any atom is 0.223 e. The molecule has 0 radical (unpaired) electrons. The molecule has 0 aliphatic heterocycles. The van der Waals surface area contributed by atoms with Crippen molar-refractivity contribution < 1.29 is 4.79 Å². The summed E-state index contributed by atoms with van der Waals surface area (Å²) in [6, 6.07) is 4.47. The molecule has 0 spiro atoms. The highest BCUT2D eigenvalue weighted by atomic mass is 127. The van der Waals surface area contributed by atoms with E-state index < -0.39 is 0 Å². The van der Waals surface area contributed by atoms with Gasteiger partial charge < -0.3 is 11.1 Å². The first kappa shape index (κ1) is 13.3. The number of nitrogens with one attached hydrogen (secondary N) is 1. The summed E-state index contributed by atoms with van der Waals surface area (Å²) in [5.41, 5.74) is 5.81. The third kappa shape index (κ3) is 3.93. The van der Waals surface area contributed by atoms with Gasteiger partial charge in [-0.15, -0.1) is 11.3 Å². The molecule has 3 N–H and O–H groups in total. The van der Waals surface area contributed by atoms with E-state index in [9.17, 15) is 4.79 Å². The van der Waals surface area contributed by atoms with Gasteiger partial charge in [0.25, 0.3) is 0 Å². The van der Waals surface area contributed by atoms with Gasteiger partial charge in [-0.2, -0.15) is 0 Å². The summed E-state index contributed by atoms with van der Waals surface area (Å²) >= 11 is 4.10. The molecule has 17 heavy (non-hydrogen) atoms. The van der Waals surface area contributed by atoms with Gasteiger partial charge in [0.05, 0.1) is 2.88 Å². The Hall–Kier alpha value is -0.140. The minimum Gasteiger partial charge on any atom is -0.356 e. The normalized spacial score (nSPS) is 23.9.